The molecule has 4 aromatic carbocycles. The van der Waals surface area contributed by atoms with Crippen molar-refractivity contribution in [3.63, 3.8) is 0 Å². The quantitative estimate of drug-likeness (QED) is 0.352. The van der Waals surface area contributed by atoms with E-state index < -0.39 is 6.10 Å². The summed E-state index contributed by atoms with van der Waals surface area (Å²) in [4.78, 5) is 12.8. The van der Waals surface area contributed by atoms with E-state index in [4.69, 9.17) is 14.2 Å². The van der Waals surface area contributed by atoms with Gasteiger partial charge in [-0.25, -0.2) is 0 Å². The Labute approximate surface area is 193 Å². The average molecular weight is 437 g/mol. The van der Waals surface area contributed by atoms with E-state index in [1.54, 1.807) is 0 Å². The van der Waals surface area contributed by atoms with Gasteiger partial charge in [0.05, 0.1) is 0 Å². The lowest BCUT2D eigenvalue weighted by molar-refractivity contribution is -0.126. The fourth-order valence-electron chi connectivity index (χ4n) is 3.83. The van der Waals surface area contributed by atoms with Crippen molar-refractivity contribution in [1.82, 2.24) is 0 Å². The summed E-state index contributed by atoms with van der Waals surface area (Å²) in [5.74, 6) is 2.20. The molecule has 0 amide bonds. The first-order valence-electron chi connectivity index (χ1n) is 11.0. The van der Waals surface area contributed by atoms with Crippen molar-refractivity contribution in [2.75, 3.05) is 0 Å². The molecule has 0 N–H and O–H groups in total. The minimum atomic E-state index is -0.634. The predicted octanol–water partition coefficient (Wildman–Crippen LogP) is 6.09. The first kappa shape index (κ1) is 20.8. The highest BCUT2D eigenvalue weighted by molar-refractivity contribution is 5.88. The molecule has 0 unspecified atom stereocenters. The molecule has 4 nitrogen and oxygen atoms in total. The van der Waals surface area contributed by atoms with Crippen LogP contribution in [0.15, 0.2) is 103 Å². The van der Waals surface area contributed by atoms with E-state index in [0.29, 0.717) is 25.4 Å². The summed E-state index contributed by atoms with van der Waals surface area (Å²) in [6, 6.07) is 33.2. The third kappa shape index (κ3) is 5.07. The van der Waals surface area contributed by atoms with E-state index >= 15 is 0 Å². The lowest BCUT2D eigenvalue weighted by Crippen LogP contribution is -2.25. The summed E-state index contributed by atoms with van der Waals surface area (Å²) in [6.07, 6.45) is -0.296. The summed E-state index contributed by atoms with van der Waals surface area (Å²) in [6.45, 7) is 0.977. The van der Waals surface area contributed by atoms with Gasteiger partial charge in [-0.1, -0.05) is 78.9 Å². The van der Waals surface area contributed by atoms with E-state index in [-0.39, 0.29) is 5.78 Å². The van der Waals surface area contributed by atoms with E-state index in [1.165, 1.54) is 0 Å². The summed E-state index contributed by atoms with van der Waals surface area (Å²) in [7, 11) is 0. The highest BCUT2D eigenvalue weighted by Gasteiger charge is 2.29. The van der Waals surface area contributed by atoms with Gasteiger partial charge in [0.2, 0.25) is 0 Å². The zero-order valence-corrected chi connectivity index (χ0v) is 18.1. The van der Waals surface area contributed by atoms with Gasteiger partial charge in [-0.05, 0) is 29.3 Å². The number of hydrogen-bond acceptors (Lipinski definition) is 4. The number of benzene rings is 4. The smallest absolute Gasteiger partial charge is 0.182 e. The molecule has 0 bridgehead atoms. The predicted molar refractivity (Wildman–Crippen MR) is 127 cm³/mol. The molecule has 0 saturated heterocycles. The molecule has 5 rings (SSSR count). The number of Topliss-reactive ketones (excluding diaryl/α,β-unsaturated/α-hetero) is 1. The Bertz CT molecular complexity index is 1220. The standard InChI is InChI=1S/C29H24O4/c30-27-17-24-13-16-26(32-20-22-9-5-2-6-10-22)18-28(24)33-29(27)23-11-14-25(15-12-23)31-19-21-7-3-1-4-8-21/h1-16,18,29H,17,19-20H2/t29-/m1/s1. The van der Waals surface area contributed by atoms with Crippen LogP contribution >= 0.6 is 0 Å². The van der Waals surface area contributed by atoms with Gasteiger partial charge in [-0.2, -0.15) is 0 Å². The molecular formula is C29H24O4. The molecule has 0 saturated carbocycles. The third-order valence-corrected chi connectivity index (χ3v) is 5.62. The summed E-state index contributed by atoms with van der Waals surface area (Å²) >= 11 is 0. The molecule has 1 aliphatic heterocycles. The van der Waals surface area contributed by atoms with Crippen LogP contribution in [0.25, 0.3) is 0 Å². The van der Waals surface area contributed by atoms with Gasteiger partial charge in [0, 0.05) is 23.6 Å². The molecule has 164 valence electrons. The highest BCUT2D eigenvalue weighted by Crippen LogP contribution is 2.36. The third-order valence-electron chi connectivity index (χ3n) is 5.62. The van der Waals surface area contributed by atoms with E-state index in [1.807, 2.05) is 103 Å². The maximum absolute atomic E-state index is 12.8. The second-order valence-corrected chi connectivity index (χ2v) is 8.03. The number of ketones is 1. The maximum Gasteiger partial charge on any atom is 0.182 e. The molecule has 0 radical (unpaired) electrons. The number of carbonyl (C=O) groups excluding carboxylic acids is 1. The van der Waals surface area contributed by atoms with Gasteiger partial charge in [-0.3, -0.25) is 4.79 Å². The first-order chi connectivity index (χ1) is 16.2. The van der Waals surface area contributed by atoms with Gasteiger partial charge in [0.15, 0.2) is 11.9 Å². The molecule has 1 heterocycles. The lowest BCUT2D eigenvalue weighted by atomic mass is 9.96. The Morgan fingerprint density at radius 2 is 1.27 bits per heavy atom. The molecule has 0 aliphatic carbocycles. The highest BCUT2D eigenvalue weighted by atomic mass is 16.5. The van der Waals surface area contributed by atoms with E-state index in [2.05, 4.69) is 0 Å². The molecule has 33 heavy (non-hydrogen) atoms. The molecule has 0 spiro atoms. The van der Waals surface area contributed by atoms with Crippen LogP contribution < -0.4 is 14.2 Å². The summed E-state index contributed by atoms with van der Waals surface area (Å²) in [5.41, 5.74) is 3.90. The number of ether oxygens (including phenoxy) is 3. The number of carbonyl (C=O) groups is 1. The first-order valence-corrected chi connectivity index (χ1v) is 11.0. The minimum absolute atomic E-state index is 0.0402. The topological polar surface area (TPSA) is 44.8 Å². The Morgan fingerprint density at radius 3 is 1.91 bits per heavy atom. The normalized spacial score (nSPS) is 14.8. The zero-order valence-electron chi connectivity index (χ0n) is 18.1. The van der Waals surface area contributed by atoms with Crippen molar-refractivity contribution in [2.24, 2.45) is 0 Å². The fourth-order valence-corrected chi connectivity index (χ4v) is 3.83. The number of rotatable bonds is 7. The Kier molecular flexibility index (Phi) is 6.07. The lowest BCUT2D eigenvalue weighted by Gasteiger charge is -2.26. The van der Waals surface area contributed by atoms with Crippen molar-refractivity contribution < 1.29 is 19.0 Å². The molecule has 1 aliphatic rings. The van der Waals surface area contributed by atoms with Crippen LogP contribution in [-0.4, -0.2) is 5.78 Å². The van der Waals surface area contributed by atoms with Gasteiger partial charge >= 0.3 is 0 Å². The molecule has 0 fully saturated rings. The maximum atomic E-state index is 12.8. The van der Waals surface area contributed by atoms with Crippen LogP contribution in [0, 0.1) is 0 Å². The van der Waals surface area contributed by atoms with Gasteiger partial charge in [0.25, 0.3) is 0 Å². The second kappa shape index (κ2) is 9.61. The fraction of sp³-hybridized carbons (Fsp3) is 0.138. The van der Waals surface area contributed by atoms with Crippen LogP contribution in [0.5, 0.6) is 17.2 Å². The number of fused-ring (bicyclic) bond motifs is 1. The van der Waals surface area contributed by atoms with Crippen molar-refractivity contribution >= 4 is 5.78 Å². The van der Waals surface area contributed by atoms with Gasteiger partial charge < -0.3 is 14.2 Å². The summed E-state index contributed by atoms with van der Waals surface area (Å²) in [5, 5.41) is 0. The molecule has 1 atom stereocenters. The van der Waals surface area contributed by atoms with Crippen LogP contribution in [0.3, 0.4) is 0 Å². The van der Waals surface area contributed by atoms with Crippen LogP contribution in [0.1, 0.15) is 28.4 Å². The van der Waals surface area contributed by atoms with Gasteiger partial charge in [0.1, 0.15) is 30.5 Å². The Morgan fingerprint density at radius 1 is 0.697 bits per heavy atom. The van der Waals surface area contributed by atoms with Crippen LogP contribution in [0.4, 0.5) is 0 Å². The number of hydrogen-bond donors (Lipinski definition) is 0. The average Bonchev–Trinajstić information content (AvgIpc) is 2.87. The van der Waals surface area contributed by atoms with E-state index in [0.717, 1.165) is 33.8 Å². The Balaban J connectivity index is 1.25. The Hall–Kier alpha value is -4.05. The summed E-state index contributed by atoms with van der Waals surface area (Å²) < 4.78 is 17.9. The largest absolute Gasteiger partial charge is 0.489 e. The molecule has 0 aromatic heterocycles. The minimum Gasteiger partial charge on any atom is -0.489 e. The van der Waals surface area contributed by atoms with Crippen molar-refractivity contribution in [3.05, 3.63) is 125 Å². The van der Waals surface area contributed by atoms with Crippen molar-refractivity contribution in [3.8, 4) is 17.2 Å². The van der Waals surface area contributed by atoms with Crippen LogP contribution in [-0.2, 0) is 24.4 Å². The molecule has 4 aromatic rings. The van der Waals surface area contributed by atoms with Crippen molar-refractivity contribution in [2.45, 2.75) is 25.7 Å². The SMILES string of the molecule is O=C1Cc2ccc(OCc3ccccc3)cc2O[C@@H]1c1ccc(OCc2ccccc2)cc1. The zero-order chi connectivity index (χ0) is 22.5. The van der Waals surface area contributed by atoms with Crippen molar-refractivity contribution in [1.29, 1.82) is 0 Å². The molecule has 4 heteroatoms. The van der Waals surface area contributed by atoms with Crippen LogP contribution in [0.2, 0.25) is 0 Å². The molecular weight excluding hydrogens is 412 g/mol. The monoisotopic (exact) mass is 436 g/mol. The second-order valence-electron chi connectivity index (χ2n) is 8.03. The van der Waals surface area contributed by atoms with Gasteiger partial charge in [-0.15, -0.1) is 0 Å². The van der Waals surface area contributed by atoms with E-state index in [9.17, 15) is 4.79 Å².